The quantitative estimate of drug-likeness (QED) is 0.630. The van der Waals surface area contributed by atoms with E-state index in [0.717, 1.165) is 5.56 Å². The third kappa shape index (κ3) is 4.17. The highest BCUT2D eigenvalue weighted by Gasteiger charge is 2.25. The van der Waals surface area contributed by atoms with Gasteiger partial charge in [-0.25, -0.2) is 0 Å². The average molecular weight is 328 g/mol. The van der Waals surface area contributed by atoms with Crippen LogP contribution in [-0.2, 0) is 6.42 Å². The molecule has 0 aliphatic carbocycles. The van der Waals surface area contributed by atoms with Crippen LogP contribution in [0.15, 0.2) is 48.5 Å². The van der Waals surface area contributed by atoms with Crippen molar-refractivity contribution in [3.63, 3.8) is 0 Å². The Morgan fingerprint density at radius 3 is 2.50 bits per heavy atom. The molecule has 2 aromatic rings. The molecule has 24 heavy (non-hydrogen) atoms. The van der Waals surface area contributed by atoms with Gasteiger partial charge in [-0.15, -0.1) is 0 Å². The Balaban J connectivity index is 2.10. The number of hydrogen-bond donors (Lipinski definition) is 2. The third-order valence-corrected chi connectivity index (χ3v) is 3.90. The van der Waals surface area contributed by atoms with Gasteiger partial charge in [-0.3, -0.25) is 14.9 Å². The van der Waals surface area contributed by atoms with E-state index in [1.165, 1.54) is 12.1 Å². The molecule has 0 unspecified atom stereocenters. The monoisotopic (exact) mass is 328 g/mol. The third-order valence-electron chi connectivity index (χ3n) is 3.90. The van der Waals surface area contributed by atoms with Gasteiger partial charge in [-0.05, 0) is 25.0 Å². The highest BCUT2D eigenvalue weighted by atomic mass is 16.6. The maximum atomic E-state index is 12.4. The second kappa shape index (κ2) is 7.70. The number of nitro groups is 1. The first kappa shape index (κ1) is 17.6. The Labute approximate surface area is 140 Å². The number of aryl methyl sites for hydroxylation is 1. The van der Waals surface area contributed by atoms with Crippen LogP contribution in [0.2, 0.25) is 0 Å². The number of nitrogens with zero attached hydrogens (tertiary/aromatic N) is 1. The number of hydrogen-bond acceptors (Lipinski definition) is 4. The van der Waals surface area contributed by atoms with Gasteiger partial charge in [0.2, 0.25) is 0 Å². The van der Waals surface area contributed by atoms with Crippen LogP contribution in [0.25, 0.3) is 0 Å². The van der Waals surface area contributed by atoms with Crippen molar-refractivity contribution >= 4 is 11.6 Å². The normalized spacial score (nSPS) is 13.1. The van der Waals surface area contributed by atoms with Gasteiger partial charge in [0.05, 0.1) is 17.1 Å². The molecule has 0 heterocycles. The lowest BCUT2D eigenvalue weighted by Gasteiger charge is -2.21. The number of amides is 1. The predicted molar refractivity (Wildman–Crippen MR) is 90.9 cm³/mol. The summed E-state index contributed by atoms with van der Waals surface area (Å²) in [6, 6.07) is 13.4. The van der Waals surface area contributed by atoms with Crippen LogP contribution in [0.1, 0.15) is 28.4 Å². The van der Waals surface area contributed by atoms with Crippen molar-refractivity contribution in [3.8, 4) is 0 Å². The average Bonchev–Trinajstić information content (AvgIpc) is 2.55. The summed E-state index contributed by atoms with van der Waals surface area (Å²) in [4.78, 5) is 23.0. The number of benzene rings is 2. The standard InChI is InChI=1S/C18H20N2O4/c1-12-7-6-10-15(20(23)24)17(12)18(22)19-13(2)16(21)11-14-8-4-3-5-9-14/h3-10,13,16,21H,11H2,1-2H3,(H,19,22)/t13-,16-/m1/s1. The maximum Gasteiger partial charge on any atom is 0.282 e. The summed E-state index contributed by atoms with van der Waals surface area (Å²) in [6.07, 6.45) is -0.405. The molecule has 6 nitrogen and oxygen atoms in total. The molecule has 2 aromatic carbocycles. The lowest BCUT2D eigenvalue weighted by Crippen LogP contribution is -2.42. The van der Waals surface area contributed by atoms with E-state index in [9.17, 15) is 20.0 Å². The summed E-state index contributed by atoms with van der Waals surface area (Å²) in [6.45, 7) is 3.32. The zero-order chi connectivity index (χ0) is 17.7. The largest absolute Gasteiger partial charge is 0.391 e. The first-order chi connectivity index (χ1) is 11.4. The van der Waals surface area contributed by atoms with Crippen LogP contribution in [-0.4, -0.2) is 28.1 Å². The van der Waals surface area contributed by atoms with Crippen molar-refractivity contribution in [2.75, 3.05) is 0 Å². The fraction of sp³-hybridized carbons (Fsp3) is 0.278. The van der Waals surface area contributed by atoms with Gasteiger partial charge in [0.25, 0.3) is 11.6 Å². The van der Waals surface area contributed by atoms with Gasteiger partial charge in [0.1, 0.15) is 5.56 Å². The van der Waals surface area contributed by atoms with Gasteiger partial charge in [-0.1, -0.05) is 42.5 Å². The molecule has 1 amide bonds. The molecule has 2 atom stereocenters. The number of nitrogens with one attached hydrogen (secondary N) is 1. The molecule has 0 aliphatic rings. The Hall–Kier alpha value is -2.73. The first-order valence-electron chi connectivity index (χ1n) is 7.67. The van der Waals surface area contributed by atoms with Crippen molar-refractivity contribution in [2.24, 2.45) is 0 Å². The van der Waals surface area contributed by atoms with Crippen LogP contribution >= 0.6 is 0 Å². The summed E-state index contributed by atoms with van der Waals surface area (Å²) in [5, 5.41) is 24.0. The fourth-order valence-electron chi connectivity index (χ4n) is 2.51. The number of carbonyl (C=O) groups excluding carboxylic acids is 1. The molecule has 0 radical (unpaired) electrons. The molecule has 0 bridgehead atoms. The number of aliphatic hydroxyl groups excluding tert-OH is 1. The van der Waals surface area contributed by atoms with E-state index in [1.807, 2.05) is 30.3 Å². The number of rotatable bonds is 6. The van der Waals surface area contributed by atoms with E-state index < -0.39 is 23.0 Å². The van der Waals surface area contributed by atoms with Crippen molar-refractivity contribution in [2.45, 2.75) is 32.4 Å². The Morgan fingerprint density at radius 2 is 1.88 bits per heavy atom. The number of aliphatic hydroxyl groups is 1. The van der Waals surface area contributed by atoms with E-state index >= 15 is 0 Å². The van der Waals surface area contributed by atoms with E-state index in [4.69, 9.17) is 0 Å². The van der Waals surface area contributed by atoms with Crippen LogP contribution in [0.4, 0.5) is 5.69 Å². The van der Waals surface area contributed by atoms with Crippen LogP contribution in [0, 0.1) is 17.0 Å². The zero-order valence-corrected chi connectivity index (χ0v) is 13.6. The topological polar surface area (TPSA) is 92.5 Å². The molecular formula is C18H20N2O4. The Morgan fingerprint density at radius 1 is 1.21 bits per heavy atom. The molecular weight excluding hydrogens is 308 g/mol. The summed E-state index contributed by atoms with van der Waals surface area (Å²) >= 11 is 0. The zero-order valence-electron chi connectivity index (χ0n) is 13.6. The molecule has 0 saturated carbocycles. The number of carbonyl (C=O) groups is 1. The fourth-order valence-corrected chi connectivity index (χ4v) is 2.51. The molecule has 6 heteroatoms. The van der Waals surface area contributed by atoms with Crippen molar-refractivity contribution in [1.82, 2.24) is 5.32 Å². The summed E-state index contributed by atoms with van der Waals surface area (Å²) < 4.78 is 0. The minimum atomic E-state index is -0.792. The predicted octanol–water partition coefficient (Wildman–Crippen LogP) is 2.63. The van der Waals surface area contributed by atoms with E-state index in [-0.39, 0.29) is 11.3 Å². The lowest BCUT2D eigenvalue weighted by atomic mass is 10.0. The highest BCUT2D eigenvalue weighted by Crippen LogP contribution is 2.22. The van der Waals surface area contributed by atoms with Gasteiger partial charge in [-0.2, -0.15) is 0 Å². The molecule has 0 aliphatic heterocycles. The minimum absolute atomic E-state index is 0.0289. The molecule has 0 saturated heterocycles. The summed E-state index contributed by atoms with van der Waals surface area (Å²) in [7, 11) is 0. The van der Waals surface area contributed by atoms with Crippen LogP contribution in [0.3, 0.4) is 0 Å². The van der Waals surface area contributed by atoms with Crippen molar-refractivity contribution in [1.29, 1.82) is 0 Å². The number of nitro benzene ring substituents is 1. The second-order valence-corrected chi connectivity index (χ2v) is 5.75. The minimum Gasteiger partial charge on any atom is -0.391 e. The molecule has 0 spiro atoms. The second-order valence-electron chi connectivity index (χ2n) is 5.75. The summed E-state index contributed by atoms with van der Waals surface area (Å²) in [5.74, 6) is -0.556. The maximum absolute atomic E-state index is 12.4. The molecule has 0 fully saturated rings. The van der Waals surface area contributed by atoms with Crippen LogP contribution in [0.5, 0.6) is 0 Å². The Bertz CT molecular complexity index is 731. The molecule has 126 valence electrons. The molecule has 0 aromatic heterocycles. The Kier molecular flexibility index (Phi) is 5.65. The van der Waals surface area contributed by atoms with E-state index in [2.05, 4.69) is 5.32 Å². The molecule has 2 N–H and O–H groups in total. The summed E-state index contributed by atoms with van der Waals surface area (Å²) in [5.41, 5.74) is 1.26. The first-order valence-corrected chi connectivity index (χ1v) is 7.67. The van der Waals surface area contributed by atoms with Crippen molar-refractivity contribution < 1.29 is 14.8 Å². The van der Waals surface area contributed by atoms with Gasteiger partial charge < -0.3 is 10.4 Å². The van der Waals surface area contributed by atoms with E-state index in [0.29, 0.717) is 12.0 Å². The highest BCUT2D eigenvalue weighted by molar-refractivity contribution is 5.99. The SMILES string of the molecule is Cc1cccc([N+](=O)[O-])c1C(=O)N[C@H](C)[C@H](O)Cc1ccccc1. The van der Waals surface area contributed by atoms with E-state index in [1.54, 1.807) is 19.9 Å². The van der Waals surface area contributed by atoms with Crippen LogP contribution < -0.4 is 5.32 Å². The smallest absolute Gasteiger partial charge is 0.282 e. The molecule has 2 rings (SSSR count). The van der Waals surface area contributed by atoms with Gasteiger partial charge in [0, 0.05) is 12.5 Å². The lowest BCUT2D eigenvalue weighted by molar-refractivity contribution is -0.385. The van der Waals surface area contributed by atoms with Gasteiger partial charge in [0.15, 0.2) is 0 Å². The van der Waals surface area contributed by atoms with Crippen molar-refractivity contribution in [3.05, 3.63) is 75.3 Å². The van der Waals surface area contributed by atoms with Gasteiger partial charge >= 0.3 is 0 Å².